The van der Waals surface area contributed by atoms with Crippen LogP contribution in [0.1, 0.15) is 60.0 Å². The molecule has 8 nitrogen and oxygen atoms in total. The van der Waals surface area contributed by atoms with Gasteiger partial charge in [-0.15, -0.1) is 0 Å². The Morgan fingerprint density at radius 1 is 1.00 bits per heavy atom. The van der Waals surface area contributed by atoms with Crippen LogP contribution in [0.2, 0.25) is 0 Å². The summed E-state index contributed by atoms with van der Waals surface area (Å²) in [7, 11) is -3.98. The largest absolute Gasteiger partial charge is 1.00 e. The number of hydrogen-bond donors (Lipinski definition) is 3. The maximum atomic E-state index is 14.6. The molecule has 0 aliphatic carbocycles. The van der Waals surface area contributed by atoms with Gasteiger partial charge in [0.25, 0.3) is 0 Å². The molecule has 4 atom stereocenters. The summed E-state index contributed by atoms with van der Waals surface area (Å²) in [6.45, 7) is 5.94. The summed E-state index contributed by atoms with van der Waals surface area (Å²) in [5.74, 6) is -1.58. The SMILES string of the molecule is CCc1c(S(=O)(=O)N2C(C)CCC2C)c(-c2ccccc2)c(-c2ccc(F)cc2)n1CC[C@@H](O)C[C@@H](O)CC(=O)O.[H-].[Na+]. The molecule has 224 valence electrons. The molecule has 3 N–H and O–H groups in total. The molecule has 1 saturated heterocycles. The van der Waals surface area contributed by atoms with Gasteiger partial charge in [-0.3, -0.25) is 4.79 Å². The van der Waals surface area contributed by atoms with Gasteiger partial charge in [-0.25, -0.2) is 12.8 Å². The quantitative estimate of drug-likeness (QED) is 0.271. The number of carboxylic acids is 1. The summed E-state index contributed by atoms with van der Waals surface area (Å²) in [6.07, 6.45) is -0.771. The second-order valence-corrected chi connectivity index (χ2v) is 12.7. The smallest absolute Gasteiger partial charge is 1.00 e. The number of sulfonamides is 1. The van der Waals surface area contributed by atoms with Crippen molar-refractivity contribution in [2.75, 3.05) is 0 Å². The van der Waals surface area contributed by atoms with Crippen LogP contribution in [-0.4, -0.2) is 62.9 Å². The fraction of sp³-hybridized carbons (Fsp3) is 0.452. The van der Waals surface area contributed by atoms with Crippen LogP contribution in [-0.2, 0) is 27.8 Å². The summed E-state index contributed by atoms with van der Waals surface area (Å²) in [5.41, 5.74) is 3.04. The molecule has 0 bridgehead atoms. The van der Waals surface area contributed by atoms with E-state index in [0.717, 1.165) is 12.8 Å². The summed E-state index contributed by atoms with van der Waals surface area (Å²) in [5, 5.41) is 29.7. The predicted octanol–water partition coefficient (Wildman–Crippen LogP) is 2.18. The maximum Gasteiger partial charge on any atom is 1.00 e. The van der Waals surface area contributed by atoms with Gasteiger partial charge in [0.2, 0.25) is 10.0 Å². The van der Waals surface area contributed by atoms with Crippen molar-refractivity contribution in [2.24, 2.45) is 0 Å². The minimum atomic E-state index is -3.98. The van der Waals surface area contributed by atoms with Crippen LogP contribution in [0.5, 0.6) is 0 Å². The normalized spacial score (nSPS) is 18.9. The van der Waals surface area contributed by atoms with Crippen molar-refractivity contribution in [1.29, 1.82) is 0 Å². The Kier molecular flexibility index (Phi) is 12.0. The Hall–Kier alpha value is -2.05. The zero-order valence-electron chi connectivity index (χ0n) is 25.7. The Morgan fingerprint density at radius 2 is 1.60 bits per heavy atom. The number of benzene rings is 2. The topological polar surface area (TPSA) is 120 Å². The molecule has 11 heteroatoms. The molecule has 0 amide bonds. The molecule has 1 fully saturated rings. The molecule has 1 aliphatic heterocycles. The van der Waals surface area contributed by atoms with Crippen LogP contribution in [0.25, 0.3) is 22.4 Å². The molecule has 2 aromatic carbocycles. The molecule has 2 heterocycles. The zero-order chi connectivity index (χ0) is 29.9. The van der Waals surface area contributed by atoms with E-state index in [1.54, 1.807) is 16.4 Å². The molecule has 2 unspecified atom stereocenters. The van der Waals surface area contributed by atoms with Crippen LogP contribution in [0, 0.1) is 5.82 Å². The number of rotatable bonds is 12. The third-order valence-electron chi connectivity index (χ3n) is 7.88. The summed E-state index contributed by atoms with van der Waals surface area (Å²) in [4.78, 5) is 11.2. The number of aliphatic hydroxyl groups excluding tert-OH is 2. The second-order valence-electron chi connectivity index (χ2n) is 10.9. The van der Waals surface area contributed by atoms with E-state index >= 15 is 0 Å². The molecule has 1 aliphatic rings. The van der Waals surface area contributed by atoms with Crippen molar-refractivity contribution < 1.29 is 63.9 Å². The number of nitrogens with zero attached hydrogens (tertiary/aromatic N) is 2. The van der Waals surface area contributed by atoms with Crippen LogP contribution in [0.15, 0.2) is 59.5 Å². The van der Waals surface area contributed by atoms with Crippen molar-refractivity contribution in [2.45, 2.75) is 95.0 Å². The van der Waals surface area contributed by atoms with E-state index in [-0.39, 0.29) is 67.3 Å². The fourth-order valence-electron chi connectivity index (χ4n) is 6.05. The molecule has 0 saturated carbocycles. The first-order valence-electron chi connectivity index (χ1n) is 14.1. The molecular weight excluding hydrogens is 570 g/mol. The zero-order valence-corrected chi connectivity index (χ0v) is 27.5. The van der Waals surface area contributed by atoms with Gasteiger partial charge in [-0.2, -0.15) is 4.31 Å². The molecular formula is C31H40FN2NaO6S. The monoisotopic (exact) mass is 610 g/mol. The number of aliphatic hydroxyl groups is 2. The van der Waals surface area contributed by atoms with Gasteiger partial charge in [0, 0.05) is 29.9 Å². The van der Waals surface area contributed by atoms with E-state index in [1.807, 2.05) is 55.7 Å². The fourth-order valence-corrected chi connectivity index (χ4v) is 8.44. The molecule has 3 aromatic rings. The van der Waals surface area contributed by atoms with Gasteiger partial charge in [0.05, 0.1) is 24.3 Å². The van der Waals surface area contributed by atoms with Crippen molar-refractivity contribution in [3.63, 3.8) is 0 Å². The van der Waals surface area contributed by atoms with E-state index < -0.39 is 40.4 Å². The molecule has 1 aromatic heterocycles. The van der Waals surface area contributed by atoms with Crippen LogP contribution >= 0.6 is 0 Å². The van der Waals surface area contributed by atoms with E-state index in [4.69, 9.17) is 5.11 Å². The number of carbonyl (C=O) groups is 1. The van der Waals surface area contributed by atoms with Crippen molar-refractivity contribution >= 4 is 16.0 Å². The minimum absolute atomic E-state index is 0. The summed E-state index contributed by atoms with van der Waals surface area (Å²) < 4.78 is 46.7. The van der Waals surface area contributed by atoms with Gasteiger partial charge in [-0.05, 0) is 81.3 Å². The van der Waals surface area contributed by atoms with Crippen molar-refractivity contribution in [3.05, 3.63) is 66.1 Å². The first kappa shape index (κ1) is 34.4. The van der Waals surface area contributed by atoms with Gasteiger partial charge < -0.3 is 21.3 Å². The van der Waals surface area contributed by atoms with Crippen LogP contribution in [0.4, 0.5) is 4.39 Å². The Labute approximate surface area is 271 Å². The second kappa shape index (κ2) is 14.6. The Balaban J connectivity index is 0.00000323. The van der Waals surface area contributed by atoms with Crippen LogP contribution in [0.3, 0.4) is 0 Å². The van der Waals surface area contributed by atoms with E-state index in [0.29, 0.717) is 34.5 Å². The van der Waals surface area contributed by atoms with E-state index in [2.05, 4.69) is 0 Å². The molecule has 0 radical (unpaired) electrons. The third kappa shape index (κ3) is 7.35. The Bertz CT molecular complexity index is 1460. The van der Waals surface area contributed by atoms with Gasteiger partial charge in [-0.1, -0.05) is 37.3 Å². The first-order valence-corrected chi connectivity index (χ1v) is 15.6. The predicted molar refractivity (Wildman–Crippen MR) is 156 cm³/mol. The average molecular weight is 611 g/mol. The minimum Gasteiger partial charge on any atom is -1.00 e. The number of carboxylic acid groups (broad SMARTS) is 1. The Morgan fingerprint density at radius 3 is 2.14 bits per heavy atom. The third-order valence-corrected chi connectivity index (χ3v) is 10.1. The number of aliphatic carboxylic acids is 1. The van der Waals surface area contributed by atoms with Gasteiger partial charge in [0.1, 0.15) is 10.7 Å². The maximum absolute atomic E-state index is 14.6. The molecule has 0 spiro atoms. The average Bonchev–Trinajstić information content (AvgIpc) is 3.44. The van der Waals surface area contributed by atoms with E-state index in [9.17, 15) is 27.8 Å². The van der Waals surface area contributed by atoms with Gasteiger partial charge in [0.15, 0.2) is 0 Å². The van der Waals surface area contributed by atoms with Crippen molar-refractivity contribution in [3.8, 4) is 22.4 Å². The number of hydrogen-bond acceptors (Lipinski definition) is 5. The number of aromatic nitrogens is 1. The summed E-state index contributed by atoms with van der Waals surface area (Å²) >= 11 is 0. The number of halogens is 1. The molecule has 42 heavy (non-hydrogen) atoms. The van der Waals surface area contributed by atoms with Crippen molar-refractivity contribution in [1.82, 2.24) is 8.87 Å². The first-order chi connectivity index (χ1) is 19.4. The standard InChI is InChI=1S/C31H39FN2O6S.Na.H/c1-4-27-31(41(39,40)34-20(2)10-11-21(34)3)29(22-8-6-5-7-9-22)30(23-12-14-24(32)15-13-23)33(27)17-16-25(35)18-26(36)19-28(37)38;;/h5-9,12-15,20-21,25-26,35-36H,4,10-11,16-19H2,1-3H3,(H,37,38);;/q;+1;-1/t20?,21?,25-,26-;;/m1../s1. The van der Waals surface area contributed by atoms with E-state index in [1.165, 1.54) is 12.1 Å². The van der Waals surface area contributed by atoms with Crippen LogP contribution < -0.4 is 29.6 Å². The van der Waals surface area contributed by atoms with Gasteiger partial charge >= 0.3 is 35.5 Å². The molecule has 4 rings (SSSR count). The summed E-state index contributed by atoms with van der Waals surface area (Å²) in [6, 6.07) is 14.8.